The average molecular weight is 543 g/mol. The highest BCUT2D eigenvalue weighted by molar-refractivity contribution is 7.92. The Hall–Kier alpha value is -2.29. The zero-order chi connectivity index (χ0) is 26.3. The number of hydrogen-bond acceptors (Lipinski definition) is 4. The predicted octanol–water partition coefficient (Wildman–Crippen LogP) is 4.71. The van der Waals surface area contributed by atoms with Crippen molar-refractivity contribution in [2.75, 3.05) is 23.7 Å². The van der Waals surface area contributed by atoms with E-state index in [1.807, 2.05) is 26.8 Å². The molecule has 10 heteroatoms. The van der Waals surface area contributed by atoms with E-state index in [4.69, 9.17) is 23.2 Å². The number of carbonyl (C=O) groups is 2. The SMILES string of the molecule is CCCNC(=O)C(CC)N(Cc1ccc(Cl)cc1Cl)C(=O)CN(c1cc(C)cc(C)c1)S(C)(=O)=O. The van der Waals surface area contributed by atoms with E-state index in [0.717, 1.165) is 28.1 Å². The first kappa shape index (κ1) is 28.9. The third-order valence-electron chi connectivity index (χ3n) is 5.46. The van der Waals surface area contributed by atoms with E-state index in [0.29, 0.717) is 34.3 Å². The van der Waals surface area contributed by atoms with Crippen molar-refractivity contribution >= 4 is 50.7 Å². The first-order valence-electron chi connectivity index (χ1n) is 11.4. The Morgan fingerprint density at radius 3 is 2.17 bits per heavy atom. The molecule has 0 fully saturated rings. The number of halogens is 2. The van der Waals surface area contributed by atoms with Crippen molar-refractivity contribution in [2.24, 2.45) is 0 Å². The second-order valence-electron chi connectivity index (χ2n) is 8.59. The number of rotatable bonds is 11. The van der Waals surface area contributed by atoms with Crippen LogP contribution in [0.5, 0.6) is 0 Å². The molecule has 0 saturated carbocycles. The fourth-order valence-corrected chi connectivity index (χ4v) is 5.13. The zero-order valence-corrected chi connectivity index (χ0v) is 23.1. The molecule has 0 bridgehead atoms. The maximum Gasteiger partial charge on any atom is 0.244 e. The lowest BCUT2D eigenvalue weighted by Crippen LogP contribution is -2.52. The molecule has 0 aromatic heterocycles. The summed E-state index contributed by atoms with van der Waals surface area (Å²) in [5.74, 6) is -0.816. The van der Waals surface area contributed by atoms with Crippen LogP contribution in [0.15, 0.2) is 36.4 Å². The van der Waals surface area contributed by atoms with Crippen molar-refractivity contribution in [1.82, 2.24) is 10.2 Å². The molecule has 0 aliphatic rings. The molecule has 7 nitrogen and oxygen atoms in total. The number of amides is 2. The smallest absolute Gasteiger partial charge is 0.244 e. The number of aryl methyl sites for hydroxylation is 2. The first-order chi connectivity index (χ1) is 16.4. The first-order valence-corrected chi connectivity index (χ1v) is 14.0. The fraction of sp³-hybridized carbons (Fsp3) is 0.440. The van der Waals surface area contributed by atoms with Crippen LogP contribution in [-0.2, 0) is 26.2 Å². The summed E-state index contributed by atoms with van der Waals surface area (Å²) in [6, 6.07) is 9.46. The Labute approximate surface area is 218 Å². The van der Waals surface area contributed by atoms with Crippen molar-refractivity contribution < 1.29 is 18.0 Å². The molecule has 35 heavy (non-hydrogen) atoms. The Morgan fingerprint density at radius 1 is 1.03 bits per heavy atom. The lowest BCUT2D eigenvalue weighted by atomic mass is 10.1. The van der Waals surface area contributed by atoms with Gasteiger partial charge in [-0.3, -0.25) is 13.9 Å². The van der Waals surface area contributed by atoms with Crippen LogP contribution in [0.1, 0.15) is 43.4 Å². The van der Waals surface area contributed by atoms with Gasteiger partial charge in [-0.05, 0) is 67.6 Å². The van der Waals surface area contributed by atoms with E-state index in [1.165, 1.54) is 4.90 Å². The average Bonchev–Trinajstić information content (AvgIpc) is 2.75. The normalized spacial score (nSPS) is 12.2. The molecule has 1 atom stereocenters. The van der Waals surface area contributed by atoms with Gasteiger partial charge in [0.1, 0.15) is 12.6 Å². The van der Waals surface area contributed by atoms with Crippen LogP contribution in [0, 0.1) is 13.8 Å². The minimum absolute atomic E-state index is 0.0251. The van der Waals surface area contributed by atoms with Gasteiger partial charge in [0.15, 0.2) is 0 Å². The topological polar surface area (TPSA) is 86.8 Å². The lowest BCUT2D eigenvalue weighted by Gasteiger charge is -2.33. The van der Waals surface area contributed by atoms with Crippen LogP contribution in [0.25, 0.3) is 0 Å². The Morgan fingerprint density at radius 2 is 1.66 bits per heavy atom. The van der Waals surface area contributed by atoms with Crippen LogP contribution in [-0.4, -0.2) is 50.5 Å². The molecule has 1 N–H and O–H groups in total. The van der Waals surface area contributed by atoms with Gasteiger partial charge in [-0.25, -0.2) is 8.42 Å². The molecule has 0 spiro atoms. The molecule has 2 aromatic rings. The van der Waals surface area contributed by atoms with E-state index >= 15 is 0 Å². The number of carbonyl (C=O) groups excluding carboxylic acids is 2. The van der Waals surface area contributed by atoms with E-state index in [1.54, 1.807) is 37.3 Å². The minimum Gasteiger partial charge on any atom is -0.354 e. The minimum atomic E-state index is -3.79. The van der Waals surface area contributed by atoms with Gasteiger partial charge in [0.05, 0.1) is 11.9 Å². The van der Waals surface area contributed by atoms with Crippen LogP contribution >= 0.6 is 23.2 Å². The molecule has 2 amide bonds. The van der Waals surface area contributed by atoms with E-state index in [-0.39, 0.29) is 12.5 Å². The van der Waals surface area contributed by atoms with E-state index in [9.17, 15) is 18.0 Å². The lowest BCUT2D eigenvalue weighted by molar-refractivity contribution is -0.140. The van der Waals surface area contributed by atoms with Crippen LogP contribution in [0.4, 0.5) is 5.69 Å². The van der Waals surface area contributed by atoms with E-state index < -0.39 is 28.5 Å². The number of nitrogens with one attached hydrogen (secondary N) is 1. The quantitative estimate of drug-likeness (QED) is 0.446. The standard InChI is InChI=1S/C25H33Cl2N3O4S/c1-6-10-28-25(32)23(7-2)29(15-19-8-9-20(26)14-22(19)27)24(31)16-30(35(5,33)34)21-12-17(3)11-18(4)13-21/h8-9,11-14,23H,6-7,10,15-16H2,1-5H3,(H,28,32). The van der Waals surface area contributed by atoms with Gasteiger partial charge in [0, 0.05) is 23.1 Å². The van der Waals surface area contributed by atoms with Crippen molar-refractivity contribution in [3.63, 3.8) is 0 Å². The van der Waals surface area contributed by atoms with Gasteiger partial charge in [-0.2, -0.15) is 0 Å². The summed E-state index contributed by atoms with van der Waals surface area (Å²) in [6.07, 6.45) is 2.15. The molecule has 0 aliphatic carbocycles. The third kappa shape index (κ3) is 8.12. The van der Waals surface area contributed by atoms with Crippen molar-refractivity contribution in [2.45, 2.75) is 53.1 Å². The predicted molar refractivity (Wildman–Crippen MR) is 142 cm³/mol. The molecule has 0 radical (unpaired) electrons. The van der Waals surface area contributed by atoms with Crippen molar-refractivity contribution in [1.29, 1.82) is 0 Å². The summed E-state index contributed by atoms with van der Waals surface area (Å²) in [4.78, 5) is 28.0. The molecule has 0 heterocycles. The van der Waals surface area contributed by atoms with Gasteiger partial charge < -0.3 is 10.2 Å². The Balaban J connectivity index is 2.49. The molecular weight excluding hydrogens is 509 g/mol. The van der Waals surface area contributed by atoms with Crippen LogP contribution in [0.3, 0.4) is 0 Å². The molecule has 0 saturated heterocycles. The number of nitrogens with zero attached hydrogens (tertiary/aromatic N) is 2. The summed E-state index contributed by atoms with van der Waals surface area (Å²) < 4.78 is 26.5. The van der Waals surface area contributed by atoms with E-state index in [2.05, 4.69) is 5.32 Å². The summed E-state index contributed by atoms with van der Waals surface area (Å²) in [7, 11) is -3.79. The summed E-state index contributed by atoms with van der Waals surface area (Å²) >= 11 is 12.4. The summed E-state index contributed by atoms with van der Waals surface area (Å²) in [6.45, 7) is 7.50. The summed E-state index contributed by atoms with van der Waals surface area (Å²) in [5.41, 5.74) is 2.74. The van der Waals surface area contributed by atoms with Gasteiger partial charge in [-0.1, -0.05) is 49.2 Å². The van der Waals surface area contributed by atoms with Gasteiger partial charge in [-0.15, -0.1) is 0 Å². The van der Waals surface area contributed by atoms with Crippen LogP contribution in [0.2, 0.25) is 10.0 Å². The number of benzene rings is 2. The fourth-order valence-electron chi connectivity index (χ4n) is 3.83. The van der Waals surface area contributed by atoms with Gasteiger partial charge >= 0.3 is 0 Å². The largest absolute Gasteiger partial charge is 0.354 e. The Bertz CT molecular complexity index is 1150. The maximum atomic E-state index is 13.7. The zero-order valence-electron chi connectivity index (χ0n) is 20.8. The number of sulfonamides is 1. The van der Waals surface area contributed by atoms with Gasteiger partial charge in [0.25, 0.3) is 0 Å². The Kier molecular flexibility index (Phi) is 10.4. The van der Waals surface area contributed by atoms with Gasteiger partial charge in [0.2, 0.25) is 21.8 Å². The number of hydrogen-bond donors (Lipinski definition) is 1. The molecule has 1 unspecified atom stereocenters. The molecule has 192 valence electrons. The monoisotopic (exact) mass is 541 g/mol. The van der Waals surface area contributed by atoms with Crippen LogP contribution < -0.4 is 9.62 Å². The number of anilines is 1. The highest BCUT2D eigenvalue weighted by Crippen LogP contribution is 2.25. The molecule has 2 rings (SSSR count). The molecule has 2 aromatic carbocycles. The van der Waals surface area contributed by atoms with Crippen molar-refractivity contribution in [3.05, 3.63) is 63.1 Å². The summed E-state index contributed by atoms with van der Waals surface area (Å²) in [5, 5.41) is 3.64. The second-order valence-corrected chi connectivity index (χ2v) is 11.3. The second kappa shape index (κ2) is 12.6. The highest BCUT2D eigenvalue weighted by Gasteiger charge is 2.32. The van der Waals surface area contributed by atoms with Crippen molar-refractivity contribution in [3.8, 4) is 0 Å². The molecule has 0 aliphatic heterocycles. The molecular formula is C25H33Cl2N3O4S. The maximum absolute atomic E-state index is 13.7. The highest BCUT2D eigenvalue weighted by atomic mass is 35.5. The third-order valence-corrected chi connectivity index (χ3v) is 7.19.